The summed E-state index contributed by atoms with van der Waals surface area (Å²) in [6, 6.07) is 6.11. The van der Waals surface area contributed by atoms with Crippen LogP contribution in [0.1, 0.15) is 38.7 Å². The summed E-state index contributed by atoms with van der Waals surface area (Å²) in [5.41, 5.74) is 0.580. The summed E-state index contributed by atoms with van der Waals surface area (Å²) in [6.07, 6.45) is 4.67. The molecule has 1 aromatic rings. The Morgan fingerprint density at radius 2 is 1.92 bits per heavy atom. The molecular weight excluding hydrogens is 314 g/mol. The minimum atomic E-state index is 0.0911. The van der Waals surface area contributed by atoms with E-state index in [4.69, 9.17) is 5.26 Å². The second-order valence-electron chi connectivity index (χ2n) is 7.58. The summed E-state index contributed by atoms with van der Waals surface area (Å²) in [5, 5.41) is 12.1. The third-order valence-corrected chi connectivity index (χ3v) is 5.18. The summed E-state index contributed by atoms with van der Waals surface area (Å²) in [4.78, 5) is 21.1. The molecule has 0 aliphatic carbocycles. The van der Waals surface area contributed by atoms with Gasteiger partial charge in [0, 0.05) is 38.4 Å². The molecule has 0 radical (unpaired) electrons. The maximum atomic E-state index is 12.5. The Kier molecular flexibility index (Phi) is 5.42. The van der Waals surface area contributed by atoms with Gasteiger partial charge in [0.15, 0.2) is 0 Å². The minimum Gasteiger partial charge on any atom is -0.356 e. The fourth-order valence-corrected chi connectivity index (χ4v) is 3.99. The van der Waals surface area contributed by atoms with Crippen molar-refractivity contribution in [1.82, 2.24) is 15.2 Å². The highest BCUT2D eigenvalue weighted by atomic mass is 16.2. The van der Waals surface area contributed by atoms with E-state index in [1.54, 1.807) is 12.3 Å². The van der Waals surface area contributed by atoms with E-state index in [2.05, 4.69) is 35.1 Å². The van der Waals surface area contributed by atoms with Crippen LogP contribution in [0.15, 0.2) is 18.3 Å². The van der Waals surface area contributed by atoms with Crippen LogP contribution in [0.25, 0.3) is 0 Å². The Balaban J connectivity index is 1.48. The lowest BCUT2D eigenvalue weighted by atomic mass is 9.92. The number of carbonyl (C=O) groups is 1. The fraction of sp³-hybridized carbons (Fsp3) is 0.632. The molecule has 3 rings (SSSR count). The summed E-state index contributed by atoms with van der Waals surface area (Å²) >= 11 is 0. The molecule has 2 saturated heterocycles. The maximum Gasteiger partial charge on any atom is 0.317 e. The van der Waals surface area contributed by atoms with Gasteiger partial charge >= 0.3 is 6.03 Å². The highest BCUT2D eigenvalue weighted by Gasteiger charge is 2.28. The van der Waals surface area contributed by atoms with Crippen molar-refractivity contribution in [3.05, 3.63) is 23.9 Å². The van der Waals surface area contributed by atoms with Crippen LogP contribution in [0.3, 0.4) is 0 Å². The lowest BCUT2D eigenvalue weighted by molar-refractivity contribution is 0.142. The average Bonchev–Trinajstić information content (AvgIpc) is 2.61. The van der Waals surface area contributed by atoms with Gasteiger partial charge in [-0.2, -0.15) is 5.26 Å². The number of nitrogens with one attached hydrogen (secondary N) is 1. The van der Waals surface area contributed by atoms with Gasteiger partial charge < -0.3 is 15.1 Å². The van der Waals surface area contributed by atoms with E-state index < -0.39 is 0 Å². The second kappa shape index (κ2) is 7.73. The molecule has 3 heterocycles. The van der Waals surface area contributed by atoms with Gasteiger partial charge in [0.25, 0.3) is 0 Å². The Hall–Kier alpha value is -2.29. The summed E-state index contributed by atoms with van der Waals surface area (Å²) in [5.74, 6) is 2.07. The molecule has 0 saturated carbocycles. The molecule has 1 aromatic heterocycles. The van der Waals surface area contributed by atoms with E-state index in [1.165, 1.54) is 6.42 Å². The van der Waals surface area contributed by atoms with E-state index in [9.17, 15) is 4.79 Å². The molecular formula is C19H27N5O. The zero-order chi connectivity index (χ0) is 17.8. The van der Waals surface area contributed by atoms with E-state index >= 15 is 0 Å². The molecule has 2 aliphatic heterocycles. The molecule has 2 atom stereocenters. The van der Waals surface area contributed by atoms with E-state index in [-0.39, 0.29) is 12.1 Å². The topological polar surface area (TPSA) is 72.3 Å². The fourth-order valence-electron chi connectivity index (χ4n) is 3.99. The minimum absolute atomic E-state index is 0.0911. The molecule has 0 spiro atoms. The SMILES string of the molecule is CC1CC(C)CN(C(=O)NC2CCN(c3ccc(C#N)cn3)CC2)C1. The van der Waals surface area contributed by atoms with Crippen LogP contribution in [0, 0.1) is 23.2 Å². The number of carbonyl (C=O) groups excluding carboxylic acids is 1. The van der Waals surface area contributed by atoms with Crippen molar-refractivity contribution in [1.29, 1.82) is 5.26 Å². The largest absolute Gasteiger partial charge is 0.356 e. The van der Waals surface area contributed by atoms with Gasteiger partial charge in [0.1, 0.15) is 11.9 Å². The second-order valence-corrected chi connectivity index (χ2v) is 7.58. The Morgan fingerprint density at radius 1 is 1.24 bits per heavy atom. The lowest BCUT2D eigenvalue weighted by Crippen LogP contribution is -2.52. The van der Waals surface area contributed by atoms with Crippen molar-refractivity contribution in [3.8, 4) is 6.07 Å². The molecule has 2 amide bonds. The van der Waals surface area contributed by atoms with Crippen LogP contribution in [-0.2, 0) is 0 Å². The Bertz CT molecular complexity index is 620. The van der Waals surface area contributed by atoms with Crippen LogP contribution in [-0.4, -0.2) is 48.1 Å². The van der Waals surface area contributed by atoms with Gasteiger partial charge in [-0.25, -0.2) is 9.78 Å². The number of hydrogen-bond donors (Lipinski definition) is 1. The highest BCUT2D eigenvalue weighted by molar-refractivity contribution is 5.74. The monoisotopic (exact) mass is 341 g/mol. The van der Waals surface area contributed by atoms with Crippen LogP contribution in [0.4, 0.5) is 10.6 Å². The number of nitrogens with zero attached hydrogens (tertiary/aromatic N) is 4. The molecule has 2 fully saturated rings. The van der Waals surface area contributed by atoms with Gasteiger partial charge in [-0.15, -0.1) is 0 Å². The molecule has 0 bridgehead atoms. The quantitative estimate of drug-likeness (QED) is 0.897. The molecule has 25 heavy (non-hydrogen) atoms. The predicted octanol–water partition coefficient (Wildman–Crippen LogP) is 2.61. The van der Waals surface area contributed by atoms with Crippen molar-refractivity contribution in [3.63, 3.8) is 0 Å². The number of likely N-dealkylation sites (tertiary alicyclic amines) is 1. The van der Waals surface area contributed by atoms with Gasteiger partial charge in [0.2, 0.25) is 0 Å². The summed E-state index contributed by atoms with van der Waals surface area (Å²) < 4.78 is 0. The standard InChI is InChI=1S/C19H27N5O/c1-14-9-15(2)13-24(12-14)19(25)22-17-5-7-23(8-6-17)18-4-3-16(10-20)11-21-18/h3-4,11,14-15,17H,5-9,12-13H2,1-2H3,(H,22,25). The predicted molar refractivity (Wildman–Crippen MR) is 97.2 cm³/mol. The van der Waals surface area contributed by atoms with E-state index in [0.29, 0.717) is 17.4 Å². The summed E-state index contributed by atoms with van der Waals surface area (Å²) in [7, 11) is 0. The zero-order valence-electron chi connectivity index (χ0n) is 15.1. The van der Waals surface area contributed by atoms with Crippen molar-refractivity contribution >= 4 is 11.8 Å². The number of nitriles is 1. The molecule has 6 nitrogen and oxygen atoms in total. The number of rotatable bonds is 2. The van der Waals surface area contributed by atoms with Crippen LogP contribution in [0.2, 0.25) is 0 Å². The van der Waals surface area contributed by atoms with Crippen LogP contribution in [0.5, 0.6) is 0 Å². The average molecular weight is 341 g/mol. The normalized spacial score (nSPS) is 24.7. The molecule has 1 N–H and O–H groups in total. The first-order valence-electron chi connectivity index (χ1n) is 9.21. The van der Waals surface area contributed by atoms with Gasteiger partial charge in [-0.05, 0) is 43.2 Å². The molecule has 2 aliphatic rings. The maximum absolute atomic E-state index is 12.5. The number of anilines is 1. The molecule has 0 aromatic carbocycles. The lowest BCUT2D eigenvalue weighted by Gasteiger charge is -2.38. The number of pyridine rings is 1. The number of hydrogen-bond acceptors (Lipinski definition) is 4. The van der Waals surface area contributed by atoms with Gasteiger partial charge in [-0.1, -0.05) is 13.8 Å². The number of amides is 2. The molecule has 6 heteroatoms. The number of aromatic nitrogens is 1. The van der Waals surface area contributed by atoms with Crippen LogP contribution >= 0.6 is 0 Å². The smallest absolute Gasteiger partial charge is 0.317 e. The van der Waals surface area contributed by atoms with Crippen LogP contribution < -0.4 is 10.2 Å². The van der Waals surface area contributed by atoms with Crippen molar-refractivity contribution in [2.24, 2.45) is 11.8 Å². The first-order valence-corrected chi connectivity index (χ1v) is 9.21. The van der Waals surface area contributed by atoms with Gasteiger partial charge in [0.05, 0.1) is 5.56 Å². The molecule has 2 unspecified atom stereocenters. The van der Waals surface area contributed by atoms with Crippen molar-refractivity contribution in [2.75, 3.05) is 31.1 Å². The number of urea groups is 1. The van der Waals surface area contributed by atoms with E-state index in [0.717, 1.165) is 44.8 Å². The van der Waals surface area contributed by atoms with Crippen molar-refractivity contribution in [2.45, 2.75) is 39.2 Å². The Labute approximate surface area is 149 Å². The van der Waals surface area contributed by atoms with Crippen molar-refractivity contribution < 1.29 is 4.79 Å². The molecule has 134 valence electrons. The first-order chi connectivity index (χ1) is 12.0. The highest BCUT2D eigenvalue weighted by Crippen LogP contribution is 2.22. The number of piperidine rings is 2. The first kappa shape index (κ1) is 17.5. The van der Waals surface area contributed by atoms with E-state index in [1.807, 2.05) is 11.0 Å². The third-order valence-electron chi connectivity index (χ3n) is 5.18. The van der Waals surface area contributed by atoms with Gasteiger partial charge in [-0.3, -0.25) is 0 Å². The summed E-state index contributed by atoms with van der Waals surface area (Å²) in [6.45, 7) is 7.92. The third kappa shape index (κ3) is 4.41. The zero-order valence-corrected chi connectivity index (χ0v) is 15.1. The Morgan fingerprint density at radius 3 is 2.48 bits per heavy atom.